The minimum absolute atomic E-state index is 0.144. The summed E-state index contributed by atoms with van der Waals surface area (Å²) in [4.78, 5) is 19.2. The van der Waals surface area contributed by atoms with E-state index in [9.17, 15) is 4.79 Å². The van der Waals surface area contributed by atoms with Crippen molar-refractivity contribution < 1.29 is 4.74 Å². The summed E-state index contributed by atoms with van der Waals surface area (Å²) in [6.07, 6.45) is 1.66. The standard InChI is InChI=1S/C19H13BrN2O2/c20-13-4-1-3-12(9-13)11-24-14-6-7-16-17(10-14)15-5-2-8-21-18(15)22-19(16)23/h1-10H,11H2,(H,21,22,23). The van der Waals surface area contributed by atoms with E-state index in [4.69, 9.17) is 4.74 Å². The van der Waals surface area contributed by atoms with E-state index in [1.165, 1.54) is 0 Å². The van der Waals surface area contributed by atoms with Crippen molar-refractivity contribution in [2.24, 2.45) is 0 Å². The third-order valence-electron chi connectivity index (χ3n) is 3.86. The third kappa shape index (κ3) is 2.78. The molecule has 4 aromatic rings. The first-order valence-corrected chi connectivity index (χ1v) is 8.28. The fraction of sp³-hybridized carbons (Fsp3) is 0.0526. The Kier molecular flexibility index (Phi) is 3.78. The number of fused-ring (bicyclic) bond motifs is 3. The molecule has 0 spiro atoms. The molecule has 0 aliphatic heterocycles. The molecule has 2 heterocycles. The van der Waals surface area contributed by atoms with Crippen LogP contribution in [0.1, 0.15) is 5.56 Å². The minimum atomic E-state index is -0.144. The zero-order chi connectivity index (χ0) is 16.5. The van der Waals surface area contributed by atoms with E-state index >= 15 is 0 Å². The Bertz CT molecular complexity index is 1110. The molecule has 0 bridgehead atoms. The fourth-order valence-corrected chi connectivity index (χ4v) is 3.17. The average molecular weight is 381 g/mol. The number of aromatic amines is 1. The number of hydrogen-bond acceptors (Lipinski definition) is 3. The summed E-state index contributed by atoms with van der Waals surface area (Å²) in [5.74, 6) is 0.721. The SMILES string of the molecule is O=c1[nH]c2ncccc2c2cc(OCc3cccc(Br)c3)ccc12. The maximum absolute atomic E-state index is 12.2. The summed E-state index contributed by atoms with van der Waals surface area (Å²) in [6, 6.07) is 17.3. The predicted octanol–water partition coefficient (Wildman–Crippen LogP) is 4.42. The number of pyridine rings is 2. The lowest BCUT2D eigenvalue weighted by Gasteiger charge is -2.09. The summed E-state index contributed by atoms with van der Waals surface area (Å²) >= 11 is 3.46. The molecule has 0 aliphatic rings. The first kappa shape index (κ1) is 14.9. The Morgan fingerprint density at radius 1 is 1.00 bits per heavy atom. The third-order valence-corrected chi connectivity index (χ3v) is 4.35. The normalized spacial score (nSPS) is 11.0. The summed E-state index contributed by atoms with van der Waals surface area (Å²) in [5.41, 5.74) is 1.51. The number of nitrogens with one attached hydrogen (secondary N) is 1. The van der Waals surface area contributed by atoms with Gasteiger partial charge in [0.15, 0.2) is 0 Å². The molecule has 0 unspecified atom stereocenters. The van der Waals surface area contributed by atoms with Gasteiger partial charge in [0.1, 0.15) is 18.0 Å². The van der Waals surface area contributed by atoms with Crippen molar-refractivity contribution >= 4 is 37.7 Å². The molecule has 0 saturated carbocycles. The highest BCUT2D eigenvalue weighted by Crippen LogP contribution is 2.25. The van der Waals surface area contributed by atoms with E-state index in [2.05, 4.69) is 25.9 Å². The van der Waals surface area contributed by atoms with Crippen molar-refractivity contribution in [1.82, 2.24) is 9.97 Å². The molecule has 118 valence electrons. The monoisotopic (exact) mass is 380 g/mol. The van der Waals surface area contributed by atoms with Crippen LogP contribution in [0.25, 0.3) is 21.8 Å². The van der Waals surface area contributed by atoms with Crippen LogP contribution in [0.2, 0.25) is 0 Å². The fourth-order valence-electron chi connectivity index (χ4n) is 2.72. The number of benzene rings is 2. The van der Waals surface area contributed by atoms with Gasteiger partial charge in [0.25, 0.3) is 5.56 Å². The van der Waals surface area contributed by atoms with Gasteiger partial charge in [-0.25, -0.2) is 4.98 Å². The van der Waals surface area contributed by atoms with Crippen molar-refractivity contribution in [2.45, 2.75) is 6.61 Å². The van der Waals surface area contributed by atoms with Crippen molar-refractivity contribution in [2.75, 3.05) is 0 Å². The van der Waals surface area contributed by atoms with Crippen LogP contribution in [0.3, 0.4) is 0 Å². The van der Waals surface area contributed by atoms with Crippen molar-refractivity contribution in [3.8, 4) is 5.75 Å². The summed E-state index contributed by atoms with van der Waals surface area (Å²) < 4.78 is 6.91. The highest BCUT2D eigenvalue weighted by Gasteiger charge is 2.07. The Morgan fingerprint density at radius 2 is 1.92 bits per heavy atom. The van der Waals surface area contributed by atoms with Gasteiger partial charge in [-0.1, -0.05) is 28.1 Å². The second kappa shape index (κ2) is 6.09. The second-order valence-corrected chi connectivity index (χ2v) is 6.40. The molecular weight excluding hydrogens is 368 g/mol. The van der Waals surface area contributed by atoms with Crippen LogP contribution in [0.5, 0.6) is 5.75 Å². The summed E-state index contributed by atoms with van der Waals surface area (Å²) in [7, 11) is 0. The van der Waals surface area contributed by atoms with E-state index < -0.39 is 0 Å². The van der Waals surface area contributed by atoms with Crippen LogP contribution >= 0.6 is 15.9 Å². The van der Waals surface area contributed by atoms with Gasteiger partial charge in [-0.15, -0.1) is 0 Å². The molecule has 0 radical (unpaired) electrons. The zero-order valence-electron chi connectivity index (χ0n) is 12.6. The lowest BCUT2D eigenvalue weighted by Crippen LogP contribution is -2.07. The van der Waals surface area contributed by atoms with Crippen LogP contribution in [0.15, 0.2) is 70.1 Å². The first-order chi connectivity index (χ1) is 11.7. The smallest absolute Gasteiger partial charge is 0.257 e. The number of hydrogen-bond donors (Lipinski definition) is 1. The highest BCUT2D eigenvalue weighted by molar-refractivity contribution is 9.10. The minimum Gasteiger partial charge on any atom is -0.489 e. The molecule has 2 aromatic carbocycles. The average Bonchev–Trinajstić information content (AvgIpc) is 2.60. The van der Waals surface area contributed by atoms with Crippen molar-refractivity contribution in [1.29, 1.82) is 0 Å². The Hall–Kier alpha value is -2.66. The van der Waals surface area contributed by atoms with Gasteiger partial charge in [0.2, 0.25) is 0 Å². The predicted molar refractivity (Wildman–Crippen MR) is 98.3 cm³/mol. The van der Waals surface area contributed by atoms with E-state index in [0.717, 1.165) is 26.6 Å². The molecule has 0 amide bonds. The van der Waals surface area contributed by atoms with E-state index in [-0.39, 0.29) is 5.56 Å². The quantitative estimate of drug-likeness (QED) is 0.535. The van der Waals surface area contributed by atoms with Gasteiger partial charge in [-0.05, 0) is 48.0 Å². The van der Waals surface area contributed by atoms with Crippen LogP contribution in [-0.4, -0.2) is 9.97 Å². The Morgan fingerprint density at radius 3 is 2.79 bits per heavy atom. The zero-order valence-corrected chi connectivity index (χ0v) is 14.2. The largest absolute Gasteiger partial charge is 0.489 e. The first-order valence-electron chi connectivity index (χ1n) is 7.49. The number of aromatic nitrogens is 2. The van der Waals surface area contributed by atoms with Crippen molar-refractivity contribution in [3.63, 3.8) is 0 Å². The van der Waals surface area contributed by atoms with E-state index in [1.54, 1.807) is 12.3 Å². The summed E-state index contributed by atoms with van der Waals surface area (Å²) in [5, 5.41) is 2.37. The molecule has 4 rings (SSSR count). The molecule has 4 nitrogen and oxygen atoms in total. The maximum atomic E-state index is 12.2. The maximum Gasteiger partial charge on any atom is 0.257 e. The molecule has 0 saturated heterocycles. The molecule has 5 heteroatoms. The molecule has 24 heavy (non-hydrogen) atoms. The summed E-state index contributed by atoms with van der Waals surface area (Å²) in [6.45, 7) is 0.463. The molecule has 0 atom stereocenters. The van der Waals surface area contributed by atoms with Crippen LogP contribution < -0.4 is 10.3 Å². The number of rotatable bonds is 3. The number of H-pyrrole nitrogens is 1. The molecule has 0 aliphatic carbocycles. The van der Waals surface area contributed by atoms with E-state index in [1.807, 2.05) is 48.5 Å². The van der Waals surface area contributed by atoms with Crippen LogP contribution in [-0.2, 0) is 6.61 Å². The Labute approximate surface area is 146 Å². The van der Waals surface area contributed by atoms with Crippen molar-refractivity contribution in [3.05, 3.63) is 81.2 Å². The number of ether oxygens (including phenoxy) is 1. The number of halogens is 1. The van der Waals surface area contributed by atoms with Gasteiger partial charge in [0.05, 0.1) is 0 Å². The Balaban J connectivity index is 1.74. The van der Waals surface area contributed by atoms with Gasteiger partial charge in [-0.2, -0.15) is 0 Å². The van der Waals surface area contributed by atoms with Gasteiger partial charge >= 0.3 is 0 Å². The molecule has 2 aromatic heterocycles. The van der Waals surface area contributed by atoms with Crippen LogP contribution in [0, 0.1) is 0 Å². The highest BCUT2D eigenvalue weighted by atomic mass is 79.9. The van der Waals surface area contributed by atoms with E-state index in [0.29, 0.717) is 17.6 Å². The molecule has 1 N–H and O–H groups in total. The number of nitrogens with zero attached hydrogens (tertiary/aromatic N) is 1. The molecular formula is C19H13BrN2O2. The van der Waals surface area contributed by atoms with Gasteiger partial charge in [0, 0.05) is 26.8 Å². The van der Waals surface area contributed by atoms with Gasteiger partial charge < -0.3 is 9.72 Å². The van der Waals surface area contributed by atoms with Crippen LogP contribution in [0.4, 0.5) is 0 Å². The van der Waals surface area contributed by atoms with Gasteiger partial charge in [-0.3, -0.25) is 4.79 Å². The lowest BCUT2D eigenvalue weighted by molar-refractivity contribution is 0.306. The lowest BCUT2D eigenvalue weighted by atomic mass is 10.1. The topological polar surface area (TPSA) is 55.0 Å². The molecule has 0 fully saturated rings. The second-order valence-electron chi connectivity index (χ2n) is 5.48.